The van der Waals surface area contributed by atoms with Crippen LogP contribution in [0.25, 0.3) is 0 Å². The van der Waals surface area contributed by atoms with Crippen molar-refractivity contribution >= 4 is 0 Å². The first kappa shape index (κ1) is 8.44. The van der Waals surface area contributed by atoms with Crippen molar-refractivity contribution in [1.29, 1.82) is 0 Å². The summed E-state index contributed by atoms with van der Waals surface area (Å²) in [5.74, 6) is -0.620. The molecule has 62 valence electrons. The molecule has 0 aromatic rings. The molecule has 0 saturated heterocycles. The van der Waals surface area contributed by atoms with E-state index in [9.17, 15) is 8.78 Å². The number of halogens is 2. The fraction of sp³-hybridized carbons (Fsp3) is 0.556. The van der Waals surface area contributed by atoms with Gasteiger partial charge in [0.15, 0.2) is 0 Å². The van der Waals surface area contributed by atoms with Gasteiger partial charge in [-0.2, -0.15) is 0 Å². The molecule has 0 N–H and O–H groups in total. The first-order valence-corrected chi connectivity index (χ1v) is 3.82. The third-order valence-corrected chi connectivity index (χ3v) is 2.16. The van der Waals surface area contributed by atoms with Crippen molar-refractivity contribution < 1.29 is 8.78 Å². The van der Waals surface area contributed by atoms with Crippen LogP contribution >= 0.6 is 0 Å². The Balaban J connectivity index is 2.78. The van der Waals surface area contributed by atoms with Crippen LogP contribution < -0.4 is 0 Å². The van der Waals surface area contributed by atoms with E-state index in [1.807, 2.05) is 13.0 Å². The van der Waals surface area contributed by atoms with Gasteiger partial charge in [-0.25, -0.2) is 8.78 Å². The van der Waals surface area contributed by atoms with Crippen LogP contribution in [-0.4, -0.2) is 6.43 Å². The molecule has 0 aliphatic heterocycles. The Morgan fingerprint density at radius 3 is 2.45 bits per heavy atom. The lowest BCUT2D eigenvalue weighted by Gasteiger charge is -2.08. The van der Waals surface area contributed by atoms with E-state index in [0.29, 0.717) is 0 Å². The third-order valence-electron chi connectivity index (χ3n) is 2.16. The summed E-state index contributed by atoms with van der Waals surface area (Å²) in [6.45, 7) is 3.77. The van der Waals surface area contributed by atoms with E-state index in [-0.39, 0.29) is 0 Å². The molecule has 2 heteroatoms. The third kappa shape index (κ3) is 1.50. The summed E-state index contributed by atoms with van der Waals surface area (Å²) in [5, 5.41) is 0. The van der Waals surface area contributed by atoms with Crippen molar-refractivity contribution in [3.63, 3.8) is 0 Å². The Labute approximate surface area is 65.6 Å². The molecular weight excluding hydrogens is 146 g/mol. The van der Waals surface area contributed by atoms with E-state index in [2.05, 4.69) is 0 Å². The van der Waals surface area contributed by atoms with Crippen molar-refractivity contribution in [2.24, 2.45) is 5.92 Å². The van der Waals surface area contributed by atoms with Gasteiger partial charge in [-0.3, -0.25) is 0 Å². The van der Waals surface area contributed by atoms with E-state index in [1.54, 1.807) is 13.0 Å². The molecule has 0 nitrogen and oxygen atoms in total. The molecule has 1 rings (SSSR count). The highest BCUT2D eigenvalue weighted by molar-refractivity contribution is 5.35. The van der Waals surface area contributed by atoms with Crippen LogP contribution in [0.2, 0.25) is 0 Å². The Kier molecular flexibility index (Phi) is 2.42. The Morgan fingerprint density at radius 2 is 2.18 bits per heavy atom. The van der Waals surface area contributed by atoms with Crippen molar-refractivity contribution in [2.45, 2.75) is 26.7 Å². The highest BCUT2D eigenvalue weighted by Crippen LogP contribution is 2.30. The van der Waals surface area contributed by atoms with Gasteiger partial charge in [0.05, 0.1) is 5.92 Å². The lowest BCUT2D eigenvalue weighted by atomic mass is 10.0. The molecule has 0 saturated carbocycles. The summed E-state index contributed by atoms with van der Waals surface area (Å²) in [6.07, 6.45) is 2.02. The minimum Gasteiger partial charge on any atom is -0.209 e. The number of rotatable bonds is 2. The molecule has 0 aromatic carbocycles. The lowest BCUT2D eigenvalue weighted by molar-refractivity contribution is 0.116. The molecule has 0 fully saturated rings. The smallest absolute Gasteiger partial charge is 0.209 e. The maximum absolute atomic E-state index is 12.2. The summed E-state index contributed by atoms with van der Waals surface area (Å²) in [4.78, 5) is 0. The van der Waals surface area contributed by atoms with Crippen molar-refractivity contribution in [3.05, 3.63) is 23.3 Å². The first-order chi connectivity index (χ1) is 5.16. The zero-order valence-electron chi connectivity index (χ0n) is 6.77. The molecule has 0 amide bonds. The predicted octanol–water partition coefficient (Wildman–Crippen LogP) is 3.16. The highest BCUT2D eigenvalue weighted by Gasteiger charge is 2.24. The van der Waals surface area contributed by atoms with Crippen LogP contribution in [0.5, 0.6) is 0 Å². The summed E-state index contributed by atoms with van der Waals surface area (Å²) in [5.41, 5.74) is 1.90. The van der Waals surface area contributed by atoms with Gasteiger partial charge in [0.2, 0.25) is 6.43 Å². The van der Waals surface area contributed by atoms with Gasteiger partial charge in [0, 0.05) is 0 Å². The maximum Gasteiger partial charge on any atom is 0.248 e. The Bertz CT molecular complexity index is 202. The summed E-state index contributed by atoms with van der Waals surface area (Å²) in [6, 6.07) is 0. The second-order valence-corrected chi connectivity index (χ2v) is 2.78. The molecule has 1 atom stereocenters. The van der Waals surface area contributed by atoms with Gasteiger partial charge >= 0.3 is 0 Å². The normalized spacial score (nSPS) is 23.9. The number of allylic oxidation sites excluding steroid dienone is 4. The summed E-state index contributed by atoms with van der Waals surface area (Å²) < 4.78 is 24.4. The van der Waals surface area contributed by atoms with E-state index in [0.717, 1.165) is 17.6 Å². The van der Waals surface area contributed by atoms with Crippen LogP contribution in [0.1, 0.15) is 20.3 Å². The van der Waals surface area contributed by atoms with E-state index < -0.39 is 12.3 Å². The zero-order valence-corrected chi connectivity index (χ0v) is 6.77. The first-order valence-electron chi connectivity index (χ1n) is 3.82. The average Bonchev–Trinajstić information content (AvgIpc) is 2.30. The Hall–Kier alpha value is -0.660. The van der Waals surface area contributed by atoms with E-state index in [1.165, 1.54) is 0 Å². The van der Waals surface area contributed by atoms with Gasteiger partial charge in [0.1, 0.15) is 0 Å². The van der Waals surface area contributed by atoms with Crippen molar-refractivity contribution in [1.82, 2.24) is 0 Å². The van der Waals surface area contributed by atoms with Crippen LogP contribution in [0, 0.1) is 5.92 Å². The molecule has 11 heavy (non-hydrogen) atoms. The molecule has 0 bridgehead atoms. The highest BCUT2D eigenvalue weighted by atomic mass is 19.3. The minimum absolute atomic E-state index is 0.620. The average molecular weight is 158 g/mol. The lowest BCUT2D eigenvalue weighted by Crippen LogP contribution is -2.07. The van der Waals surface area contributed by atoms with Crippen LogP contribution in [0.3, 0.4) is 0 Å². The van der Waals surface area contributed by atoms with Gasteiger partial charge in [-0.05, 0) is 18.9 Å². The molecule has 1 unspecified atom stereocenters. The molecule has 1 aliphatic carbocycles. The monoisotopic (exact) mass is 158 g/mol. The zero-order chi connectivity index (χ0) is 8.43. The van der Waals surface area contributed by atoms with E-state index >= 15 is 0 Å². The van der Waals surface area contributed by atoms with Crippen LogP contribution in [-0.2, 0) is 0 Å². The Morgan fingerprint density at radius 1 is 1.55 bits per heavy atom. The molecule has 1 aliphatic rings. The predicted molar refractivity (Wildman–Crippen MR) is 41.6 cm³/mol. The van der Waals surface area contributed by atoms with Crippen LogP contribution in [0.15, 0.2) is 23.3 Å². The maximum atomic E-state index is 12.2. The fourth-order valence-corrected chi connectivity index (χ4v) is 1.38. The second-order valence-electron chi connectivity index (χ2n) is 2.78. The van der Waals surface area contributed by atoms with Gasteiger partial charge in [-0.1, -0.05) is 24.6 Å². The molecule has 0 heterocycles. The molecular formula is C9H12F2. The quantitative estimate of drug-likeness (QED) is 0.579. The number of alkyl halides is 2. The largest absolute Gasteiger partial charge is 0.248 e. The molecule has 0 radical (unpaired) electrons. The standard InChI is InChI=1S/C9H12F2/c1-3-7-4-5-8(6(7)2)9(10)11/h4-5,8-9H,3H2,1-2H3. The minimum atomic E-state index is -2.24. The summed E-state index contributed by atoms with van der Waals surface area (Å²) >= 11 is 0. The molecule has 0 spiro atoms. The summed E-state index contributed by atoms with van der Waals surface area (Å²) in [7, 11) is 0. The molecule has 0 aromatic heterocycles. The van der Waals surface area contributed by atoms with Gasteiger partial charge in [-0.15, -0.1) is 0 Å². The van der Waals surface area contributed by atoms with Gasteiger partial charge < -0.3 is 0 Å². The van der Waals surface area contributed by atoms with Crippen molar-refractivity contribution in [3.8, 4) is 0 Å². The topological polar surface area (TPSA) is 0 Å². The number of hydrogen-bond acceptors (Lipinski definition) is 0. The van der Waals surface area contributed by atoms with Gasteiger partial charge in [0.25, 0.3) is 0 Å². The van der Waals surface area contributed by atoms with E-state index in [4.69, 9.17) is 0 Å². The van der Waals surface area contributed by atoms with Crippen molar-refractivity contribution in [2.75, 3.05) is 0 Å². The SMILES string of the molecule is CCC1=C(C)C(C(F)F)C=C1. The van der Waals surface area contributed by atoms with Crippen LogP contribution in [0.4, 0.5) is 8.78 Å². The second kappa shape index (κ2) is 3.16. The number of hydrogen-bond donors (Lipinski definition) is 0. The fourth-order valence-electron chi connectivity index (χ4n) is 1.38.